The van der Waals surface area contributed by atoms with Crippen LogP contribution in [-0.2, 0) is 4.79 Å². The fourth-order valence-corrected chi connectivity index (χ4v) is 1.19. The number of halogens is 2. The minimum absolute atomic E-state index is 0.271. The Morgan fingerprint density at radius 1 is 1.07 bits per heavy atom. The van der Waals surface area contributed by atoms with Crippen molar-refractivity contribution in [2.75, 3.05) is 0 Å². The third-order valence-electron chi connectivity index (χ3n) is 1.93. The Labute approximate surface area is 83.2 Å². The molecule has 0 unspecified atom stereocenters. The molecular weight excluding hydrogens is 188 g/mol. The number of carbonyl (C=O) groups excluding carboxylic acids is 1. The summed E-state index contributed by atoms with van der Waals surface area (Å²) in [5, 5.41) is 0. The third-order valence-corrected chi connectivity index (χ3v) is 1.93. The SMILES string of the molecule is NC(=O)CCCCCCCC=C(F)F. The molecule has 0 radical (unpaired) electrons. The van der Waals surface area contributed by atoms with Crippen LogP contribution in [0, 0.1) is 0 Å². The number of hydrogen-bond donors (Lipinski definition) is 1. The Balaban J connectivity index is 3.07. The summed E-state index contributed by atoms with van der Waals surface area (Å²) in [6, 6.07) is 0. The van der Waals surface area contributed by atoms with E-state index in [9.17, 15) is 13.6 Å². The van der Waals surface area contributed by atoms with Crippen molar-refractivity contribution in [3.05, 3.63) is 12.2 Å². The van der Waals surface area contributed by atoms with Crippen molar-refractivity contribution in [1.29, 1.82) is 0 Å². The molecule has 0 fully saturated rings. The lowest BCUT2D eigenvalue weighted by molar-refractivity contribution is -0.118. The van der Waals surface area contributed by atoms with Crippen molar-refractivity contribution in [3.8, 4) is 0 Å². The van der Waals surface area contributed by atoms with E-state index < -0.39 is 6.08 Å². The van der Waals surface area contributed by atoms with Crippen LogP contribution in [0.2, 0.25) is 0 Å². The standard InChI is InChI=1S/C10H17F2NO/c11-9(12)7-5-3-1-2-4-6-8-10(13)14/h7H,1-6,8H2,(H2,13,14). The van der Waals surface area contributed by atoms with Gasteiger partial charge in [-0.2, -0.15) is 8.78 Å². The second-order valence-corrected chi connectivity index (χ2v) is 3.27. The van der Waals surface area contributed by atoms with Crippen molar-refractivity contribution < 1.29 is 13.6 Å². The number of rotatable bonds is 8. The van der Waals surface area contributed by atoms with Crippen LogP contribution in [0.3, 0.4) is 0 Å². The molecule has 0 saturated carbocycles. The Morgan fingerprint density at radius 2 is 1.64 bits per heavy atom. The van der Waals surface area contributed by atoms with Crippen LogP contribution in [0.1, 0.15) is 44.9 Å². The number of amides is 1. The predicted octanol–water partition coefficient (Wildman–Crippen LogP) is 2.98. The number of hydrogen-bond acceptors (Lipinski definition) is 1. The molecule has 0 atom stereocenters. The normalized spacial score (nSPS) is 9.86. The van der Waals surface area contributed by atoms with Crippen molar-refractivity contribution in [2.24, 2.45) is 5.73 Å². The first-order chi connectivity index (χ1) is 6.63. The van der Waals surface area contributed by atoms with Gasteiger partial charge in [-0.15, -0.1) is 0 Å². The van der Waals surface area contributed by atoms with Gasteiger partial charge in [0.2, 0.25) is 5.91 Å². The van der Waals surface area contributed by atoms with Crippen molar-refractivity contribution >= 4 is 5.91 Å². The molecule has 0 aliphatic heterocycles. The summed E-state index contributed by atoms with van der Waals surface area (Å²) in [4.78, 5) is 10.3. The van der Waals surface area contributed by atoms with Crippen LogP contribution in [0.4, 0.5) is 8.78 Å². The first-order valence-corrected chi connectivity index (χ1v) is 4.92. The van der Waals surface area contributed by atoms with E-state index in [1.54, 1.807) is 0 Å². The number of carbonyl (C=O) groups is 1. The molecule has 1 amide bonds. The van der Waals surface area contributed by atoms with Gasteiger partial charge in [0.25, 0.3) is 6.08 Å². The minimum Gasteiger partial charge on any atom is -0.370 e. The number of nitrogens with two attached hydrogens (primary N) is 1. The van der Waals surface area contributed by atoms with E-state index in [2.05, 4.69) is 0 Å². The van der Waals surface area contributed by atoms with Crippen LogP contribution in [-0.4, -0.2) is 5.91 Å². The highest BCUT2D eigenvalue weighted by Crippen LogP contribution is 2.09. The Morgan fingerprint density at radius 3 is 2.21 bits per heavy atom. The summed E-state index contributed by atoms with van der Waals surface area (Å²) >= 11 is 0. The molecule has 2 N–H and O–H groups in total. The third kappa shape index (κ3) is 11.1. The van der Waals surface area contributed by atoms with Crippen LogP contribution in [0.25, 0.3) is 0 Å². The highest BCUT2D eigenvalue weighted by atomic mass is 19.3. The molecule has 82 valence electrons. The maximum absolute atomic E-state index is 11.6. The van der Waals surface area contributed by atoms with E-state index in [1.807, 2.05) is 0 Å². The Bertz CT molecular complexity index is 189. The maximum atomic E-state index is 11.6. The molecule has 4 heteroatoms. The minimum atomic E-state index is -1.60. The van der Waals surface area contributed by atoms with E-state index in [0.717, 1.165) is 38.2 Å². The number of unbranched alkanes of at least 4 members (excludes halogenated alkanes) is 5. The summed E-state index contributed by atoms with van der Waals surface area (Å²) in [7, 11) is 0. The molecule has 0 spiro atoms. The topological polar surface area (TPSA) is 43.1 Å². The summed E-state index contributed by atoms with van der Waals surface area (Å²) in [6.07, 6.45) is 4.68. The fraction of sp³-hybridized carbons (Fsp3) is 0.700. The zero-order chi connectivity index (χ0) is 10.8. The average molecular weight is 205 g/mol. The number of allylic oxidation sites excluding steroid dienone is 1. The molecule has 0 rings (SSSR count). The van der Waals surface area contributed by atoms with Crippen LogP contribution >= 0.6 is 0 Å². The molecule has 0 aromatic carbocycles. The zero-order valence-electron chi connectivity index (χ0n) is 8.27. The first kappa shape index (κ1) is 13.1. The van der Waals surface area contributed by atoms with Gasteiger partial charge in [0, 0.05) is 6.42 Å². The highest BCUT2D eigenvalue weighted by Gasteiger charge is 1.94. The van der Waals surface area contributed by atoms with Crippen LogP contribution < -0.4 is 5.73 Å². The van der Waals surface area contributed by atoms with Crippen molar-refractivity contribution in [3.63, 3.8) is 0 Å². The van der Waals surface area contributed by atoms with E-state index >= 15 is 0 Å². The van der Waals surface area contributed by atoms with Gasteiger partial charge in [-0.1, -0.05) is 19.3 Å². The van der Waals surface area contributed by atoms with E-state index in [0.29, 0.717) is 12.8 Å². The molecule has 2 nitrogen and oxygen atoms in total. The molecule has 0 heterocycles. The molecule has 0 aliphatic carbocycles. The van der Waals surface area contributed by atoms with E-state index in [4.69, 9.17) is 5.73 Å². The monoisotopic (exact) mass is 205 g/mol. The zero-order valence-corrected chi connectivity index (χ0v) is 8.27. The van der Waals surface area contributed by atoms with Gasteiger partial charge in [0.05, 0.1) is 0 Å². The van der Waals surface area contributed by atoms with Gasteiger partial charge in [-0.25, -0.2) is 0 Å². The van der Waals surface area contributed by atoms with Crippen molar-refractivity contribution in [1.82, 2.24) is 0 Å². The van der Waals surface area contributed by atoms with Gasteiger partial charge >= 0.3 is 0 Å². The predicted molar refractivity (Wildman–Crippen MR) is 51.8 cm³/mol. The molecule has 0 aromatic heterocycles. The lowest BCUT2D eigenvalue weighted by atomic mass is 10.1. The van der Waals surface area contributed by atoms with Crippen LogP contribution in [0.5, 0.6) is 0 Å². The lowest BCUT2D eigenvalue weighted by Gasteiger charge is -1.98. The van der Waals surface area contributed by atoms with Gasteiger partial charge in [-0.3, -0.25) is 4.79 Å². The average Bonchev–Trinajstić information content (AvgIpc) is 2.08. The lowest BCUT2D eigenvalue weighted by Crippen LogP contribution is -2.09. The quantitative estimate of drug-likeness (QED) is 0.608. The van der Waals surface area contributed by atoms with Gasteiger partial charge in [-0.05, 0) is 25.3 Å². The van der Waals surface area contributed by atoms with E-state index in [1.165, 1.54) is 0 Å². The highest BCUT2D eigenvalue weighted by molar-refractivity contribution is 5.73. The molecule has 0 aromatic rings. The van der Waals surface area contributed by atoms with Gasteiger partial charge < -0.3 is 5.73 Å². The summed E-state index contributed by atoms with van der Waals surface area (Å²) in [5.74, 6) is -0.271. The van der Waals surface area contributed by atoms with E-state index in [-0.39, 0.29) is 5.91 Å². The summed E-state index contributed by atoms with van der Waals surface area (Å²) in [6.45, 7) is 0. The van der Waals surface area contributed by atoms with Gasteiger partial charge in [0.1, 0.15) is 0 Å². The first-order valence-electron chi connectivity index (χ1n) is 4.92. The number of primary amides is 1. The second kappa shape index (κ2) is 8.66. The van der Waals surface area contributed by atoms with Gasteiger partial charge in [0.15, 0.2) is 0 Å². The smallest absolute Gasteiger partial charge is 0.266 e. The summed E-state index contributed by atoms with van der Waals surface area (Å²) in [5.41, 5.74) is 4.96. The summed E-state index contributed by atoms with van der Waals surface area (Å²) < 4.78 is 23.1. The maximum Gasteiger partial charge on any atom is 0.266 e. The largest absolute Gasteiger partial charge is 0.370 e. The molecule has 14 heavy (non-hydrogen) atoms. The van der Waals surface area contributed by atoms with Crippen molar-refractivity contribution in [2.45, 2.75) is 44.9 Å². The fourth-order valence-electron chi connectivity index (χ4n) is 1.19. The molecule has 0 aliphatic rings. The Hall–Kier alpha value is -0.930. The Kier molecular flexibility index (Phi) is 8.08. The molecular formula is C10H17F2NO. The molecule has 0 saturated heterocycles. The molecule has 0 bridgehead atoms. The second-order valence-electron chi connectivity index (χ2n) is 3.27. The van der Waals surface area contributed by atoms with Crippen LogP contribution in [0.15, 0.2) is 12.2 Å².